The van der Waals surface area contributed by atoms with Crippen LogP contribution in [-0.4, -0.2) is 34.6 Å². The summed E-state index contributed by atoms with van der Waals surface area (Å²) in [5.41, 5.74) is -0.0739. The van der Waals surface area contributed by atoms with Crippen molar-refractivity contribution in [3.63, 3.8) is 0 Å². The van der Waals surface area contributed by atoms with Crippen LogP contribution in [-0.2, 0) is 4.79 Å². The number of benzene rings is 1. The fraction of sp³-hybridized carbons (Fsp3) is 0.385. The first-order chi connectivity index (χ1) is 8.97. The summed E-state index contributed by atoms with van der Waals surface area (Å²) in [4.78, 5) is 23.4. The summed E-state index contributed by atoms with van der Waals surface area (Å²) in [6.45, 7) is 4.01. The molecule has 1 atom stereocenters. The summed E-state index contributed by atoms with van der Waals surface area (Å²) in [5, 5.41) is 23.9. The summed E-state index contributed by atoms with van der Waals surface area (Å²) in [6.07, 6.45) is 0.805. The highest BCUT2D eigenvalue weighted by Crippen LogP contribution is 2.27. The second-order valence-electron chi connectivity index (χ2n) is 4.16. The van der Waals surface area contributed by atoms with E-state index in [1.54, 1.807) is 6.92 Å². The molecule has 0 bridgehead atoms. The molecule has 0 aliphatic heterocycles. The van der Waals surface area contributed by atoms with Crippen LogP contribution < -0.4 is 10.6 Å². The van der Waals surface area contributed by atoms with Crippen LogP contribution in [0.5, 0.6) is 11.5 Å². The molecular formula is C13H18N2O4. The minimum atomic E-state index is -0.721. The Morgan fingerprint density at radius 1 is 1.32 bits per heavy atom. The summed E-state index contributed by atoms with van der Waals surface area (Å²) < 4.78 is 0. The molecule has 6 heteroatoms. The van der Waals surface area contributed by atoms with E-state index >= 15 is 0 Å². The Kier molecular flexibility index (Phi) is 5.17. The summed E-state index contributed by atoms with van der Waals surface area (Å²) in [5.74, 6) is -1.79. The molecule has 2 amide bonds. The van der Waals surface area contributed by atoms with E-state index in [4.69, 9.17) is 0 Å². The summed E-state index contributed by atoms with van der Waals surface area (Å²) >= 11 is 0. The second kappa shape index (κ2) is 6.63. The number of hydrogen-bond donors (Lipinski definition) is 4. The third-order valence-corrected chi connectivity index (χ3v) is 2.55. The monoisotopic (exact) mass is 266 g/mol. The lowest BCUT2D eigenvalue weighted by atomic mass is 10.1. The zero-order chi connectivity index (χ0) is 14.4. The normalized spacial score (nSPS) is 11.7. The number of rotatable bonds is 5. The van der Waals surface area contributed by atoms with Crippen molar-refractivity contribution in [1.82, 2.24) is 10.6 Å². The molecule has 1 unspecified atom stereocenters. The number of phenols is 2. The Labute approximate surface area is 111 Å². The third-order valence-electron chi connectivity index (χ3n) is 2.55. The molecule has 0 saturated carbocycles. The van der Waals surface area contributed by atoms with Gasteiger partial charge in [-0.3, -0.25) is 9.59 Å². The highest BCUT2D eigenvalue weighted by Gasteiger charge is 2.19. The van der Waals surface area contributed by atoms with Crippen molar-refractivity contribution in [2.75, 3.05) is 6.54 Å². The van der Waals surface area contributed by atoms with Gasteiger partial charge in [0.05, 0.1) is 5.56 Å². The number of carbonyl (C=O) groups excluding carboxylic acids is 2. The molecule has 0 radical (unpaired) electrons. The van der Waals surface area contributed by atoms with Crippen molar-refractivity contribution in [2.24, 2.45) is 0 Å². The lowest BCUT2D eigenvalue weighted by Gasteiger charge is -2.14. The first kappa shape index (κ1) is 14.8. The largest absolute Gasteiger partial charge is 0.504 e. The molecule has 1 rings (SSSR count). The van der Waals surface area contributed by atoms with Gasteiger partial charge in [-0.1, -0.05) is 13.0 Å². The van der Waals surface area contributed by atoms with E-state index in [-0.39, 0.29) is 17.2 Å². The summed E-state index contributed by atoms with van der Waals surface area (Å²) in [7, 11) is 0. The van der Waals surface area contributed by atoms with E-state index in [2.05, 4.69) is 10.6 Å². The molecule has 19 heavy (non-hydrogen) atoms. The number of phenolic OH excluding ortho intramolecular Hbond substituents is 2. The molecule has 1 aromatic carbocycles. The molecule has 0 aromatic heterocycles. The zero-order valence-electron chi connectivity index (χ0n) is 10.9. The number of nitrogens with one attached hydrogen (secondary N) is 2. The van der Waals surface area contributed by atoms with Gasteiger partial charge in [-0.25, -0.2) is 0 Å². The fourth-order valence-electron chi connectivity index (χ4n) is 1.46. The molecule has 0 fully saturated rings. The van der Waals surface area contributed by atoms with E-state index in [9.17, 15) is 19.8 Å². The van der Waals surface area contributed by atoms with Crippen molar-refractivity contribution in [2.45, 2.75) is 26.3 Å². The Balaban J connectivity index is 2.69. The topological polar surface area (TPSA) is 98.7 Å². The lowest BCUT2D eigenvalue weighted by molar-refractivity contribution is -0.122. The Bertz CT molecular complexity index is 474. The molecule has 0 aliphatic rings. The molecule has 6 nitrogen and oxygen atoms in total. The minimum absolute atomic E-state index is 0.0739. The van der Waals surface area contributed by atoms with Crippen LogP contribution in [0.25, 0.3) is 0 Å². The van der Waals surface area contributed by atoms with Crippen molar-refractivity contribution >= 4 is 11.8 Å². The maximum absolute atomic E-state index is 11.8. The quantitative estimate of drug-likeness (QED) is 0.591. The molecule has 0 saturated heterocycles. The van der Waals surface area contributed by atoms with Crippen LogP contribution in [0.3, 0.4) is 0 Å². The predicted octanol–water partition coefficient (Wildman–Crippen LogP) is 0.742. The highest BCUT2D eigenvalue weighted by molar-refractivity contribution is 6.00. The van der Waals surface area contributed by atoms with Gasteiger partial charge < -0.3 is 20.8 Å². The molecule has 0 heterocycles. The predicted molar refractivity (Wildman–Crippen MR) is 70.0 cm³/mol. The zero-order valence-corrected chi connectivity index (χ0v) is 10.9. The van der Waals surface area contributed by atoms with Gasteiger partial charge in [0.2, 0.25) is 5.91 Å². The van der Waals surface area contributed by atoms with Gasteiger partial charge in [-0.15, -0.1) is 0 Å². The number of amides is 2. The Morgan fingerprint density at radius 2 is 2.00 bits per heavy atom. The van der Waals surface area contributed by atoms with Gasteiger partial charge in [0, 0.05) is 6.54 Å². The van der Waals surface area contributed by atoms with Crippen LogP contribution in [0.4, 0.5) is 0 Å². The van der Waals surface area contributed by atoms with Crippen molar-refractivity contribution < 1.29 is 19.8 Å². The van der Waals surface area contributed by atoms with Gasteiger partial charge in [0.15, 0.2) is 11.5 Å². The number of para-hydroxylation sites is 1. The maximum atomic E-state index is 11.8. The average molecular weight is 266 g/mol. The van der Waals surface area contributed by atoms with Crippen LogP contribution in [0.1, 0.15) is 30.6 Å². The van der Waals surface area contributed by atoms with E-state index in [0.717, 1.165) is 6.42 Å². The molecule has 0 spiro atoms. The Morgan fingerprint density at radius 3 is 2.63 bits per heavy atom. The SMILES string of the molecule is CCCNC(=O)C(C)NC(=O)c1cccc(O)c1O. The van der Waals surface area contributed by atoms with E-state index in [1.807, 2.05) is 6.92 Å². The second-order valence-corrected chi connectivity index (χ2v) is 4.16. The molecule has 4 N–H and O–H groups in total. The third kappa shape index (κ3) is 3.87. The molecule has 0 aliphatic carbocycles. The molecule has 1 aromatic rings. The van der Waals surface area contributed by atoms with Crippen molar-refractivity contribution in [3.8, 4) is 11.5 Å². The fourth-order valence-corrected chi connectivity index (χ4v) is 1.46. The lowest BCUT2D eigenvalue weighted by Crippen LogP contribution is -2.45. The van der Waals surface area contributed by atoms with Gasteiger partial charge in [-0.2, -0.15) is 0 Å². The first-order valence-corrected chi connectivity index (χ1v) is 6.06. The van der Waals surface area contributed by atoms with Gasteiger partial charge in [-0.05, 0) is 25.5 Å². The van der Waals surface area contributed by atoms with Gasteiger partial charge in [0.1, 0.15) is 6.04 Å². The first-order valence-electron chi connectivity index (χ1n) is 6.06. The molecule has 104 valence electrons. The number of hydrogen-bond acceptors (Lipinski definition) is 4. The smallest absolute Gasteiger partial charge is 0.255 e. The minimum Gasteiger partial charge on any atom is -0.504 e. The van der Waals surface area contributed by atoms with Crippen LogP contribution in [0.15, 0.2) is 18.2 Å². The highest BCUT2D eigenvalue weighted by atomic mass is 16.3. The van der Waals surface area contributed by atoms with Crippen molar-refractivity contribution in [1.29, 1.82) is 0 Å². The van der Waals surface area contributed by atoms with Gasteiger partial charge in [0.25, 0.3) is 5.91 Å². The van der Waals surface area contributed by atoms with Crippen LogP contribution >= 0.6 is 0 Å². The van der Waals surface area contributed by atoms with Crippen LogP contribution in [0, 0.1) is 0 Å². The number of carbonyl (C=O) groups is 2. The standard InChI is InChI=1S/C13H18N2O4/c1-3-7-14-12(18)8(2)15-13(19)9-5-4-6-10(16)11(9)17/h4-6,8,16-17H,3,7H2,1-2H3,(H,14,18)(H,15,19). The van der Waals surface area contributed by atoms with Gasteiger partial charge >= 0.3 is 0 Å². The van der Waals surface area contributed by atoms with Crippen LogP contribution in [0.2, 0.25) is 0 Å². The Hall–Kier alpha value is -2.24. The average Bonchev–Trinajstić information content (AvgIpc) is 2.38. The summed E-state index contributed by atoms with van der Waals surface area (Å²) in [6, 6.07) is 3.34. The molecular weight excluding hydrogens is 248 g/mol. The van der Waals surface area contributed by atoms with E-state index in [0.29, 0.717) is 6.54 Å². The van der Waals surface area contributed by atoms with Crippen molar-refractivity contribution in [3.05, 3.63) is 23.8 Å². The van der Waals surface area contributed by atoms with E-state index < -0.39 is 17.7 Å². The maximum Gasteiger partial charge on any atom is 0.255 e. The van der Waals surface area contributed by atoms with E-state index in [1.165, 1.54) is 18.2 Å². The number of aromatic hydroxyl groups is 2.